The van der Waals surface area contributed by atoms with Gasteiger partial charge in [0.15, 0.2) is 44.0 Å². The Morgan fingerprint density at radius 2 is 0.605 bits per heavy atom. The molecule has 35 atom stereocenters. The molecule has 0 radical (unpaired) electrons. The smallest absolute Gasteiger partial charge is 0.333 e. The normalized spacial score (nSPS) is 37.5. The number of amides is 6. The van der Waals surface area contributed by atoms with Gasteiger partial charge in [-0.3, -0.25) is 38.6 Å². The summed E-state index contributed by atoms with van der Waals surface area (Å²) in [6, 6.07) is 0. The molecule has 0 spiro atoms. The SMILES string of the molecule is O=C(CCCCCNC(=O)CN(CC(=O)NCCCCCCN(CCO[C@H]1O[C@H](CO)[C@@H](O)[C@H](O)[C@@H]1O)CCO[C@H]1O[C@H](CO[C@H]2O[C@H](CO)[C@@H](O)[C@H](O)[C@@H]2O)[C@@H](O)[C@H](O[C@H]2O[C@H](CO)[C@@H](O)[C@H](O)[C@@H]2O)[C@@H]1O)CC(=O)NCCCCCC(=O)ON1C(=O)CCC1=O)NCCO[C@H]1O[C@H](CO[C@H]2O[C@H](CO)[C@@H](O)[C@H](O)[C@@H]2O)[C@@H](O)[C@H](O[C@H]2O[C@H](CO)[C@@H](O)[C@H](O)[C@@H]2O)[C@@H]1O. The zero-order chi connectivity index (χ0) is 94.5. The Hall–Kier alpha value is -5.11. The number of nitrogens with zero attached hydrogens (tertiary/aromatic N) is 3. The van der Waals surface area contributed by atoms with Crippen molar-refractivity contribution in [3.05, 3.63) is 0 Å². The Balaban J connectivity index is 0.808. The van der Waals surface area contributed by atoms with Crippen molar-refractivity contribution in [2.24, 2.45) is 0 Å². The summed E-state index contributed by atoms with van der Waals surface area (Å²) in [4.78, 5) is 97.4. The lowest BCUT2D eigenvalue weighted by Gasteiger charge is -2.46. The largest absolute Gasteiger partial charge is 0.394 e. The second-order valence-electron chi connectivity index (χ2n) is 32.5. The van der Waals surface area contributed by atoms with Crippen molar-refractivity contribution < 1.29 is 227 Å². The first-order chi connectivity index (χ1) is 61.6. The molecule has 0 aromatic rings. The third-order valence-electron chi connectivity index (χ3n) is 22.9. The minimum absolute atomic E-state index is 0.00581. The molecule has 8 saturated heterocycles. The summed E-state index contributed by atoms with van der Waals surface area (Å²) in [7, 11) is 0. The maximum atomic E-state index is 13.6. The van der Waals surface area contributed by atoms with E-state index in [2.05, 4.69) is 21.3 Å². The number of hydrogen-bond donors (Lipinski definition) is 28. The fourth-order valence-electron chi connectivity index (χ4n) is 15.1. The monoisotopic (exact) mass is 1880 g/mol. The molecule has 0 unspecified atom stereocenters. The minimum Gasteiger partial charge on any atom is -0.394 e. The van der Waals surface area contributed by atoms with Gasteiger partial charge in [-0.1, -0.05) is 25.7 Å². The van der Waals surface area contributed by atoms with Gasteiger partial charge in [0.2, 0.25) is 23.6 Å². The van der Waals surface area contributed by atoms with Gasteiger partial charge in [-0.2, -0.15) is 0 Å². The predicted octanol–water partition coefficient (Wildman–Crippen LogP) is -16.9. The first kappa shape index (κ1) is 109. The van der Waals surface area contributed by atoms with E-state index < -0.39 is 322 Å². The second kappa shape index (κ2) is 54.6. The van der Waals surface area contributed by atoms with E-state index in [-0.39, 0.29) is 97.7 Å². The van der Waals surface area contributed by atoms with Crippen LogP contribution in [0.25, 0.3) is 0 Å². The lowest BCUT2D eigenvalue weighted by atomic mass is 9.96. The van der Waals surface area contributed by atoms with Crippen LogP contribution in [-0.4, -0.2) is 525 Å². The van der Waals surface area contributed by atoms with Crippen molar-refractivity contribution >= 4 is 41.4 Å². The Kier molecular flexibility index (Phi) is 46.2. The van der Waals surface area contributed by atoms with Crippen LogP contribution in [0.5, 0.6) is 0 Å². The Morgan fingerprint density at radius 1 is 0.302 bits per heavy atom. The molecule has 53 heteroatoms. The number of hydroxylamine groups is 2. The summed E-state index contributed by atoms with van der Waals surface area (Å²) in [5, 5.41) is 263. The van der Waals surface area contributed by atoms with Crippen LogP contribution < -0.4 is 21.3 Å². The van der Waals surface area contributed by atoms with Gasteiger partial charge in [0.25, 0.3) is 11.8 Å². The van der Waals surface area contributed by atoms with Gasteiger partial charge >= 0.3 is 5.97 Å². The Bertz CT molecular complexity index is 3320. The Labute approximate surface area is 738 Å². The van der Waals surface area contributed by atoms with Crippen molar-refractivity contribution in [1.29, 1.82) is 0 Å². The van der Waals surface area contributed by atoms with E-state index in [0.717, 1.165) is 0 Å². The maximum Gasteiger partial charge on any atom is 0.333 e. The number of carbonyl (C=O) groups excluding carboxylic acids is 7. The molecule has 6 amide bonds. The quantitative estimate of drug-likeness (QED) is 0.0199. The van der Waals surface area contributed by atoms with Gasteiger partial charge in [-0.15, -0.1) is 5.06 Å². The van der Waals surface area contributed by atoms with Gasteiger partial charge in [0.1, 0.15) is 171 Å². The number of imide groups is 1. The third kappa shape index (κ3) is 31.5. The molecule has 8 aliphatic heterocycles. The molecule has 129 heavy (non-hydrogen) atoms. The van der Waals surface area contributed by atoms with Crippen molar-refractivity contribution in [2.75, 3.05) is 132 Å². The van der Waals surface area contributed by atoms with E-state index in [1.54, 1.807) is 4.90 Å². The van der Waals surface area contributed by atoms with Gasteiger partial charge in [0.05, 0.1) is 85.7 Å². The average Bonchev–Trinajstić information content (AvgIpc) is 1.73. The van der Waals surface area contributed by atoms with E-state index in [9.17, 15) is 156 Å². The van der Waals surface area contributed by atoms with Crippen LogP contribution in [0, 0.1) is 0 Å². The fourth-order valence-corrected chi connectivity index (χ4v) is 15.1. The molecule has 0 aromatic carbocycles. The Morgan fingerprint density at radius 3 is 0.977 bits per heavy atom. The summed E-state index contributed by atoms with van der Waals surface area (Å²) >= 11 is 0. The second-order valence-corrected chi connectivity index (χ2v) is 32.5. The van der Waals surface area contributed by atoms with E-state index in [1.807, 2.05) is 0 Å². The first-order valence-corrected chi connectivity index (χ1v) is 43.1. The van der Waals surface area contributed by atoms with Crippen molar-refractivity contribution in [1.82, 2.24) is 36.1 Å². The molecule has 53 nitrogen and oxygen atoms in total. The molecule has 0 aromatic heterocycles. The number of aliphatic hydroxyl groups is 24. The zero-order valence-electron chi connectivity index (χ0n) is 70.8. The molecule has 8 aliphatic rings. The van der Waals surface area contributed by atoms with E-state index >= 15 is 0 Å². The number of aliphatic hydroxyl groups excluding tert-OH is 24. The number of hydrogen-bond acceptors (Lipinski definition) is 48. The number of ether oxygens (including phenoxy) is 14. The molecular weight excluding hydrogens is 1750 g/mol. The molecule has 8 rings (SSSR count). The van der Waals surface area contributed by atoms with Gasteiger partial charge < -0.3 is 215 Å². The summed E-state index contributed by atoms with van der Waals surface area (Å²) in [5.74, 6) is -4.20. The fraction of sp³-hybridized carbons (Fsp3) is 0.908. The highest BCUT2D eigenvalue weighted by molar-refractivity contribution is 6.01. The summed E-state index contributed by atoms with van der Waals surface area (Å²) < 4.78 is 79.2. The number of rotatable bonds is 53. The van der Waals surface area contributed by atoms with E-state index in [0.29, 0.717) is 62.9 Å². The van der Waals surface area contributed by atoms with Crippen LogP contribution in [-0.2, 0) is 105 Å². The highest BCUT2D eigenvalue weighted by Crippen LogP contribution is 2.35. The van der Waals surface area contributed by atoms with Gasteiger partial charge in [-0.25, -0.2) is 4.79 Å². The minimum atomic E-state index is -2.02. The summed E-state index contributed by atoms with van der Waals surface area (Å²) in [6.07, 6.45) is -57.8. The van der Waals surface area contributed by atoms with Crippen LogP contribution in [0.3, 0.4) is 0 Å². The topological polar surface area (TPSA) is 801 Å². The molecular formula is C76H131N7O46. The maximum absolute atomic E-state index is 13.6. The van der Waals surface area contributed by atoms with Crippen LogP contribution in [0.4, 0.5) is 0 Å². The van der Waals surface area contributed by atoms with E-state index in [4.69, 9.17) is 71.2 Å². The molecule has 28 N–H and O–H groups in total. The van der Waals surface area contributed by atoms with Crippen LogP contribution in [0.2, 0.25) is 0 Å². The lowest BCUT2D eigenvalue weighted by Crippen LogP contribution is -2.65. The number of unbranched alkanes of at least 4 members (excludes halogenated alkanes) is 7. The number of carbonyl (C=O) groups is 7. The van der Waals surface area contributed by atoms with Crippen LogP contribution in [0.15, 0.2) is 0 Å². The molecule has 0 aliphatic carbocycles. The highest BCUT2D eigenvalue weighted by Gasteiger charge is 2.56. The molecule has 0 saturated carbocycles. The predicted molar refractivity (Wildman–Crippen MR) is 417 cm³/mol. The van der Waals surface area contributed by atoms with Gasteiger partial charge in [-0.05, 0) is 45.1 Å². The van der Waals surface area contributed by atoms with Crippen molar-refractivity contribution in [3.63, 3.8) is 0 Å². The van der Waals surface area contributed by atoms with Crippen molar-refractivity contribution in [3.8, 4) is 0 Å². The van der Waals surface area contributed by atoms with E-state index in [1.165, 1.54) is 4.90 Å². The summed E-state index contributed by atoms with van der Waals surface area (Å²) in [6.45, 7) is -7.23. The molecule has 746 valence electrons. The average molecular weight is 1880 g/mol. The zero-order valence-corrected chi connectivity index (χ0v) is 70.8. The highest BCUT2D eigenvalue weighted by atomic mass is 16.8. The number of nitrogens with one attached hydrogen (secondary N) is 4. The molecule has 0 bridgehead atoms. The molecule has 8 heterocycles. The van der Waals surface area contributed by atoms with Crippen LogP contribution >= 0.6 is 0 Å². The van der Waals surface area contributed by atoms with Crippen molar-refractivity contribution in [2.45, 2.75) is 305 Å². The lowest BCUT2D eigenvalue weighted by molar-refractivity contribution is -0.366. The third-order valence-corrected chi connectivity index (χ3v) is 22.9. The van der Waals surface area contributed by atoms with Crippen LogP contribution in [0.1, 0.15) is 89.9 Å². The summed E-state index contributed by atoms with van der Waals surface area (Å²) in [5.41, 5.74) is 0. The first-order valence-electron chi connectivity index (χ1n) is 43.1. The van der Waals surface area contributed by atoms with Gasteiger partial charge in [0, 0.05) is 65.0 Å². The standard InChI is InChI=1S/C76H131N7O46/c84-28-35-49(96)56(103)61(108)70(120-35)116-23-20-81(21-24-117-74-67(114)69(128-76-65(112)60(107)53(100)39(32-88)124-76)55(102)41(126-74)34-119-72-63(110)58(105)51(98)37(30-86)122-72)19-10-2-1-7-15-77-43(90)25-82(27-45(92)79-17-9-4-6-12-48(95)129-83-46(93)13-14-47(83)94)26-44(91)78-16-8-3-5-11-42(89)80-18-22-115-73-66(113)68(127-75-64(111)59(106)52(99)38(31-87)123-75)54(101)40(125-73)33-118-71-62(109)57(104)50(97)36(29-85)121-71/h35-41,49-76,84-88,96-114H,1-34H2,(H,77,90)(H,78,91)(H,79,92)(H,80,89)/t35-,36-,37-,38-,39-,40-,41-,49-,50-,51-,52-,53-,54-,55-,56+,57+,58+,59+,60+,61+,62+,63+,64+,65+,66+,67+,68+,69+,70+,71+,72+,73+,74+,75-,76-/m1/s1. The molecule has 8 fully saturated rings.